The molecule has 92 valence electrons. The number of nitrogens with zero attached hydrogens (tertiary/aromatic N) is 2. The number of allylic oxidation sites excluding steroid dienone is 2. The predicted octanol–water partition coefficient (Wildman–Crippen LogP) is 2.54. The molecule has 4 heteroatoms. The van der Waals surface area contributed by atoms with Crippen molar-refractivity contribution >= 4 is 23.4 Å². The van der Waals surface area contributed by atoms with Gasteiger partial charge in [-0.25, -0.2) is 4.79 Å². The number of rotatable bonds is 1. The Morgan fingerprint density at radius 2 is 2.28 bits per heavy atom. The second kappa shape index (κ2) is 3.98. The third-order valence-electron chi connectivity index (χ3n) is 3.55. The van der Waals surface area contributed by atoms with Crippen LogP contribution in [0.3, 0.4) is 0 Å². The first-order valence-electron chi connectivity index (χ1n) is 6.03. The SMILES string of the molecule is CN1CCC/C1=C1/C=Nc2cc(C(=O)O)ccc21. The van der Waals surface area contributed by atoms with Crippen molar-refractivity contribution < 1.29 is 9.90 Å². The number of fused-ring (bicyclic) bond motifs is 1. The Kier molecular flexibility index (Phi) is 2.44. The first kappa shape index (κ1) is 11.0. The average Bonchev–Trinajstić information content (AvgIpc) is 2.93. The lowest BCUT2D eigenvalue weighted by Crippen LogP contribution is -2.11. The van der Waals surface area contributed by atoms with Crippen LogP contribution in [-0.4, -0.2) is 35.8 Å². The Hall–Kier alpha value is -2.10. The van der Waals surface area contributed by atoms with Crippen LogP contribution in [0.25, 0.3) is 5.57 Å². The zero-order valence-corrected chi connectivity index (χ0v) is 10.2. The van der Waals surface area contributed by atoms with E-state index >= 15 is 0 Å². The Balaban J connectivity index is 2.08. The molecule has 0 amide bonds. The molecule has 0 radical (unpaired) electrons. The summed E-state index contributed by atoms with van der Waals surface area (Å²) in [4.78, 5) is 17.5. The normalized spacial score (nSPS) is 21.5. The molecule has 0 saturated carbocycles. The van der Waals surface area contributed by atoms with Crippen LogP contribution in [-0.2, 0) is 0 Å². The van der Waals surface area contributed by atoms with Crippen molar-refractivity contribution in [3.63, 3.8) is 0 Å². The van der Waals surface area contributed by atoms with Gasteiger partial charge in [0.05, 0.1) is 11.3 Å². The fourth-order valence-electron chi connectivity index (χ4n) is 2.58. The first-order chi connectivity index (χ1) is 8.66. The quantitative estimate of drug-likeness (QED) is 0.823. The van der Waals surface area contributed by atoms with Crippen molar-refractivity contribution in [1.29, 1.82) is 0 Å². The highest BCUT2D eigenvalue weighted by Gasteiger charge is 2.22. The van der Waals surface area contributed by atoms with E-state index in [4.69, 9.17) is 5.11 Å². The van der Waals surface area contributed by atoms with Crippen molar-refractivity contribution in [2.45, 2.75) is 12.8 Å². The Labute approximate surface area is 105 Å². The summed E-state index contributed by atoms with van der Waals surface area (Å²) in [5.74, 6) is -0.910. The lowest BCUT2D eigenvalue weighted by molar-refractivity contribution is 0.0697. The van der Waals surface area contributed by atoms with E-state index in [1.807, 2.05) is 12.3 Å². The molecule has 1 aromatic rings. The van der Waals surface area contributed by atoms with Gasteiger partial charge in [0.25, 0.3) is 0 Å². The topological polar surface area (TPSA) is 52.9 Å². The maximum Gasteiger partial charge on any atom is 0.335 e. The van der Waals surface area contributed by atoms with Gasteiger partial charge in [0.15, 0.2) is 0 Å². The van der Waals surface area contributed by atoms with Crippen LogP contribution in [0.5, 0.6) is 0 Å². The van der Waals surface area contributed by atoms with Crippen LogP contribution in [0.4, 0.5) is 5.69 Å². The summed E-state index contributed by atoms with van der Waals surface area (Å²) in [5, 5.41) is 8.96. The van der Waals surface area contributed by atoms with E-state index in [0.29, 0.717) is 0 Å². The van der Waals surface area contributed by atoms with Gasteiger partial charge in [-0.15, -0.1) is 0 Å². The summed E-state index contributed by atoms with van der Waals surface area (Å²) < 4.78 is 0. The number of benzene rings is 1. The molecule has 0 spiro atoms. The minimum Gasteiger partial charge on any atom is -0.478 e. The van der Waals surface area contributed by atoms with Crippen LogP contribution in [0, 0.1) is 0 Å². The molecular formula is C14H14N2O2. The predicted molar refractivity (Wildman–Crippen MR) is 70.3 cm³/mol. The lowest BCUT2D eigenvalue weighted by atomic mass is 10.0. The molecule has 1 saturated heterocycles. The monoisotopic (exact) mass is 242 g/mol. The van der Waals surface area contributed by atoms with Gasteiger partial charge in [-0.3, -0.25) is 4.99 Å². The van der Waals surface area contributed by atoms with Crippen molar-refractivity contribution in [3.8, 4) is 0 Å². The highest BCUT2D eigenvalue weighted by molar-refractivity contribution is 6.17. The van der Waals surface area contributed by atoms with E-state index in [9.17, 15) is 4.79 Å². The van der Waals surface area contributed by atoms with Gasteiger partial charge in [-0.1, -0.05) is 6.07 Å². The molecule has 0 unspecified atom stereocenters. The highest BCUT2D eigenvalue weighted by atomic mass is 16.4. The molecule has 0 bridgehead atoms. The summed E-state index contributed by atoms with van der Waals surface area (Å²) in [6.07, 6.45) is 4.09. The Morgan fingerprint density at radius 3 is 2.94 bits per heavy atom. The molecule has 2 aliphatic rings. The van der Waals surface area contributed by atoms with Crippen LogP contribution >= 0.6 is 0 Å². The molecule has 0 atom stereocenters. The van der Waals surface area contributed by atoms with E-state index in [1.54, 1.807) is 12.1 Å². The number of aliphatic imine (C=N–C) groups is 1. The second-order valence-corrected chi connectivity index (χ2v) is 4.68. The summed E-state index contributed by atoms with van der Waals surface area (Å²) in [7, 11) is 2.09. The van der Waals surface area contributed by atoms with Gasteiger partial charge < -0.3 is 10.0 Å². The second-order valence-electron chi connectivity index (χ2n) is 4.68. The maximum absolute atomic E-state index is 10.9. The largest absolute Gasteiger partial charge is 0.478 e. The molecular weight excluding hydrogens is 228 g/mol. The van der Waals surface area contributed by atoms with Gasteiger partial charge in [-0.2, -0.15) is 0 Å². The smallest absolute Gasteiger partial charge is 0.335 e. The van der Waals surface area contributed by atoms with Gasteiger partial charge in [0.2, 0.25) is 0 Å². The summed E-state index contributed by atoms with van der Waals surface area (Å²) >= 11 is 0. The van der Waals surface area contributed by atoms with Crippen LogP contribution in [0.15, 0.2) is 28.9 Å². The third-order valence-corrected chi connectivity index (χ3v) is 3.55. The van der Waals surface area contributed by atoms with E-state index in [2.05, 4.69) is 16.9 Å². The van der Waals surface area contributed by atoms with Crippen molar-refractivity contribution in [3.05, 3.63) is 35.0 Å². The van der Waals surface area contributed by atoms with Crippen molar-refractivity contribution in [2.75, 3.05) is 13.6 Å². The van der Waals surface area contributed by atoms with Crippen LogP contribution < -0.4 is 0 Å². The molecule has 0 aliphatic carbocycles. The minimum absolute atomic E-state index is 0.289. The number of hydrogen-bond donors (Lipinski definition) is 1. The fraction of sp³-hybridized carbons (Fsp3) is 0.286. The molecule has 1 aromatic carbocycles. The van der Waals surface area contributed by atoms with Gasteiger partial charge in [0.1, 0.15) is 0 Å². The van der Waals surface area contributed by atoms with Gasteiger partial charge >= 0.3 is 5.97 Å². The third kappa shape index (κ3) is 1.61. The molecule has 1 N–H and O–H groups in total. The number of aromatic carboxylic acids is 1. The Morgan fingerprint density at radius 1 is 1.44 bits per heavy atom. The molecule has 3 rings (SSSR count). The number of carbonyl (C=O) groups is 1. The van der Waals surface area contributed by atoms with Gasteiger partial charge in [-0.05, 0) is 25.0 Å². The molecule has 2 heterocycles. The molecule has 18 heavy (non-hydrogen) atoms. The number of carboxylic acid groups (broad SMARTS) is 1. The standard InChI is InChI=1S/C14H14N2O2/c1-16-6-2-3-13(16)11-8-15-12-7-9(14(17)18)4-5-10(11)12/h4-5,7-8H,2-3,6H2,1H3,(H,17,18)/b13-11+. The van der Waals surface area contributed by atoms with E-state index in [0.717, 1.165) is 29.8 Å². The fourth-order valence-corrected chi connectivity index (χ4v) is 2.58. The Bertz CT molecular complexity index is 587. The first-order valence-corrected chi connectivity index (χ1v) is 6.03. The van der Waals surface area contributed by atoms with E-state index in [-0.39, 0.29) is 5.56 Å². The van der Waals surface area contributed by atoms with Crippen molar-refractivity contribution in [2.24, 2.45) is 4.99 Å². The zero-order valence-electron chi connectivity index (χ0n) is 10.2. The van der Waals surface area contributed by atoms with Crippen LogP contribution in [0.2, 0.25) is 0 Å². The van der Waals surface area contributed by atoms with E-state index < -0.39 is 5.97 Å². The number of likely N-dealkylation sites (tertiary alicyclic amines) is 1. The zero-order chi connectivity index (χ0) is 12.7. The molecule has 2 aliphatic heterocycles. The van der Waals surface area contributed by atoms with Crippen molar-refractivity contribution in [1.82, 2.24) is 4.90 Å². The minimum atomic E-state index is -0.910. The van der Waals surface area contributed by atoms with E-state index in [1.165, 1.54) is 12.1 Å². The summed E-state index contributed by atoms with van der Waals surface area (Å²) in [6, 6.07) is 5.14. The number of carboxylic acids is 1. The molecule has 4 nitrogen and oxygen atoms in total. The maximum atomic E-state index is 10.9. The summed E-state index contributed by atoms with van der Waals surface area (Å²) in [5.41, 5.74) is 4.54. The van der Waals surface area contributed by atoms with Gasteiger partial charge in [0, 0.05) is 36.6 Å². The lowest BCUT2D eigenvalue weighted by Gasteiger charge is -2.15. The molecule has 1 fully saturated rings. The van der Waals surface area contributed by atoms with Crippen LogP contribution in [0.1, 0.15) is 28.8 Å². The number of hydrogen-bond acceptors (Lipinski definition) is 3. The highest BCUT2D eigenvalue weighted by Crippen LogP contribution is 2.37. The average molecular weight is 242 g/mol. The summed E-state index contributed by atoms with van der Waals surface area (Å²) in [6.45, 7) is 1.08. The molecule has 0 aromatic heterocycles.